The fourth-order valence-corrected chi connectivity index (χ4v) is 1.78. The summed E-state index contributed by atoms with van der Waals surface area (Å²) >= 11 is 0. The number of carbonyl (C=O) groups is 1. The van der Waals surface area contributed by atoms with Gasteiger partial charge in [0.1, 0.15) is 12.4 Å². The summed E-state index contributed by atoms with van der Waals surface area (Å²) < 4.78 is 5.50. The number of aromatic carboxylic acids is 1. The number of benzene rings is 1. The van der Waals surface area contributed by atoms with Gasteiger partial charge in [-0.1, -0.05) is 12.8 Å². The average Bonchev–Trinajstić information content (AvgIpc) is 2.46. The van der Waals surface area contributed by atoms with Gasteiger partial charge in [-0.3, -0.25) is 0 Å². The molecule has 0 aromatic heterocycles. The van der Waals surface area contributed by atoms with Crippen molar-refractivity contribution in [1.29, 1.82) is 0 Å². The van der Waals surface area contributed by atoms with Crippen LogP contribution < -0.4 is 10.1 Å². The minimum atomic E-state index is -0.931. The normalized spacial score (nSPS) is 10.4. The maximum atomic E-state index is 10.7. The van der Waals surface area contributed by atoms with Crippen LogP contribution in [0.3, 0.4) is 0 Å². The van der Waals surface area contributed by atoms with Crippen LogP contribution in [-0.4, -0.2) is 42.5 Å². The fourth-order valence-electron chi connectivity index (χ4n) is 1.78. The molecule has 0 fully saturated rings. The highest BCUT2D eigenvalue weighted by Gasteiger charge is 2.01. The molecule has 0 heterocycles. The second kappa shape index (κ2) is 10.2. The highest BCUT2D eigenvalue weighted by Crippen LogP contribution is 2.11. The predicted octanol–water partition coefficient (Wildman–Crippen LogP) is 1.91. The van der Waals surface area contributed by atoms with E-state index in [2.05, 4.69) is 5.32 Å². The lowest BCUT2D eigenvalue weighted by molar-refractivity contribution is 0.0697. The van der Waals surface area contributed by atoms with E-state index >= 15 is 0 Å². The highest BCUT2D eigenvalue weighted by atomic mass is 16.5. The molecule has 20 heavy (non-hydrogen) atoms. The summed E-state index contributed by atoms with van der Waals surface area (Å²) in [5.41, 5.74) is 0.262. The van der Waals surface area contributed by atoms with Crippen LogP contribution in [0.15, 0.2) is 24.3 Å². The first kappa shape index (κ1) is 16.5. The Morgan fingerprint density at radius 3 is 2.40 bits per heavy atom. The van der Waals surface area contributed by atoms with E-state index < -0.39 is 5.97 Å². The minimum Gasteiger partial charge on any atom is -0.492 e. The van der Waals surface area contributed by atoms with Gasteiger partial charge in [-0.25, -0.2) is 4.79 Å². The summed E-state index contributed by atoms with van der Waals surface area (Å²) in [6, 6.07) is 6.40. The monoisotopic (exact) mass is 281 g/mol. The Hall–Kier alpha value is -1.59. The number of carboxylic acids is 1. The molecule has 1 aromatic rings. The number of unbranched alkanes of at least 4 members (excludes halogenated alkanes) is 3. The van der Waals surface area contributed by atoms with Crippen LogP contribution in [0.25, 0.3) is 0 Å². The molecule has 0 spiro atoms. The van der Waals surface area contributed by atoms with Crippen LogP contribution in [0.2, 0.25) is 0 Å². The van der Waals surface area contributed by atoms with Crippen LogP contribution in [0, 0.1) is 0 Å². The van der Waals surface area contributed by atoms with Gasteiger partial charge in [-0.05, 0) is 43.7 Å². The zero-order chi connectivity index (χ0) is 14.6. The van der Waals surface area contributed by atoms with E-state index in [1.54, 1.807) is 12.1 Å². The maximum absolute atomic E-state index is 10.7. The van der Waals surface area contributed by atoms with Gasteiger partial charge in [0.05, 0.1) is 5.56 Å². The smallest absolute Gasteiger partial charge is 0.335 e. The van der Waals surface area contributed by atoms with Crippen molar-refractivity contribution in [2.75, 3.05) is 26.3 Å². The van der Waals surface area contributed by atoms with Crippen molar-refractivity contribution in [3.05, 3.63) is 29.8 Å². The lowest BCUT2D eigenvalue weighted by Crippen LogP contribution is -2.22. The number of rotatable bonds is 11. The lowest BCUT2D eigenvalue weighted by Gasteiger charge is -2.07. The molecule has 0 aliphatic heterocycles. The van der Waals surface area contributed by atoms with Gasteiger partial charge in [-0.15, -0.1) is 0 Å². The molecule has 1 rings (SSSR count). The standard InChI is InChI=1S/C15H23NO4/c17-11-4-2-1-3-9-16-10-12-20-14-7-5-13(6-8-14)15(18)19/h5-8,16-17H,1-4,9-12H2,(H,18,19). The summed E-state index contributed by atoms with van der Waals surface area (Å²) in [7, 11) is 0. The molecule has 0 amide bonds. The molecule has 0 saturated carbocycles. The average molecular weight is 281 g/mol. The Labute approximate surface area is 119 Å². The Kier molecular flexibility index (Phi) is 8.42. The van der Waals surface area contributed by atoms with E-state index in [-0.39, 0.29) is 12.2 Å². The van der Waals surface area contributed by atoms with E-state index in [1.165, 1.54) is 12.1 Å². The molecule has 5 nitrogen and oxygen atoms in total. The van der Waals surface area contributed by atoms with Crippen molar-refractivity contribution < 1.29 is 19.7 Å². The quantitative estimate of drug-likeness (QED) is 0.540. The van der Waals surface area contributed by atoms with Crippen molar-refractivity contribution in [3.63, 3.8) is 0 Å². The predicted molar refractivity (Wildman–Crippen MR) is 77.3 cm³/mol. The topological polar surface area (TPSA) is 78.8 Å². The molecule has 3 N–H and O–H groups in total. The molecule has 0 radical (unpaired) electrons. The van der Waals surface area contributed by atoms with Gasteiger partial charge in [0.15, 0.2) is 0 Å². The molecular formula is C15H23NO4. The molecule has 0 atom stereocenters. The van der Waals surface area contributed by atoms with Gasteiger partial charge in [0.25, 0.3) is 0 Å². The number of hydrogen-bond donors (Lipinski definition) is 3. The van der Waals surface area contributed by atoms with E-state index in [9.17, 15) is 4.79 Å². The lowest BCUT2D eigenvalue weighted by atomic mass is 10.2. The number of nitrogens with one attached hydrogen (secondary N) is 1. The number of aliphatic hydroxyl groups excluding tert-OH is 1. The Morgan fingerprint density at radius 1 is 1.05 bits per heavy atom. The third-order valence-electron chi connectivity index (χ3n) is 2.91. The summed E-state index contributed by atoms with van der Waals surface area (Å²) in [6.07, 6.45) is 4.19. The third-order valence-corrected chi connectivity index (χ3v) is 2.91. The Morgan fingerprint density at radius 2 is 1.75 bits per heavy atom. The molecule has 112 valence electrons. The second-order valence-corrected chi connectivity index (χ2v) is 4.57. The van der Waals surface area contributed by atoms with Crippen molar-refractivity contribution in [2.24, 2.45) is 0 Å². The van der Waals surface area contributed by atoms with E-state index in [0.717, 1.165) is 38.8 Å². The Bertz CT molecular complexity index is 378. The van der Waals surface area contributed by atoms with Gasteiger partial charge < -0.3 is 20.3 Å². The molecule has 0 unspecified atom stereocenters. The van der Waals surface area contributed by atoms with Crippen molar-refractivity contribution in [3.8, 4) is 5.75 Å². The molecule has 5 heteroatoms. The molecule has 1 aromatic carbocycles. The first-order chi connectivity index (χ1) is 9.74. The zero-order valence-electron chi connectivity index (χ0n) is 11.7. The summed E-state index contributed by atoms with van der Waals surface area (Å²) in [4.78, 5) is 10.7. The van der Waals surface area contributed by atoms with Crippen molar-refractivity contribution in [2.45, 2.75) is 25.7 Å². The van der Waals surface area contributed by atoms with Crippen LogP contribution in [0.5, 0.6) is 5.75 Å². The van der Waals surface area contributed by atoms with Gasteiger partial charge in [0.2, 0.25) is 0 Å². The minimum absolute atomic E-state index is 0.262. The SMILES string of the molecule is O=C(O)c1ccc(OCCNCCCCCCO)cc1. The van der Waals surface area contributed by atoms with Crippen molar-refractivity contribution >= 4 is 5.97 Å². The van der Waals surface area contributed by atoms with Gasteiger partial charge in [-0.2, -0.15) is 0 Å². The molecule has 0 saturated heterocycles. The number of hydrogen-bond acceptors (Lipinski definition) is 4. The van der Waals surface area contributed by atoms with E-state index in [0.29, 0.717) is 12.4 Å². The Balaban J connectivity index is 2.02. The largest absolute Gasteiger partial charge is 0.492 e. The van der Waals surface area contributed by atoms with Crippen molar-refractivity contribution in [1.82, 2.24) is 5.32 Å². The molecule has 0 aliphatic carbocycles. The van der Waals surface area contributed by atoms with Gasteiger partial charge >= 0.3 is 5.97 Å². The van der Waals surface area contributed by atoms with Crippen LogP contribution in [-0.2, 0) is 0 Å². The molecule has 0 aliphatic rings. The first-order valence-electron chi connectivity index (χ1n) is 7.02. The third kappa shape index (κ3) is 7.11. The summed E-state index contributed by atoms with van der Waals surface area (Å²) in [6.45, 7) is 2.55. The van der Waals surface area contributed by atoms with Crippen LogP contribution in [0.4, 0.5) is 0 Å². The molecular weight excluding hydrogens is 258 g/mol. The summed E-state index contributed by atoms with van der Waals surface area (Å²) in [5, 5.41) is 20.7. The zero-order valence-corrected chi connectivity index (χ0v) is 11.7. The second-order valence-electron chi connectivity index (χ2n) is 4.57. The summed E-state index contributed by atoms with van der Waals surface area (Å²) in [5.74, 6) is -0.251. The fraction of sp³-hybridized carbons (Fsp3) is 0.533. The van der Waals surface area contributed by atoms with Gasteiger partial charge in [0, 0.05) is 13.2 Å². The molecule has 0 bridgehead atoms. The number of carboxylic acid groups (broad SMARTS) is 1. The highest BCUT2D eigenvalue weighted by molar-refractivity contribution is 5.87. The van der Waals surface area contributed by atoms with E-state index in [1.807, 2.05) is 0 Å². The first-order valence-corrected chi connectivity index (χ1v) is 7.02. The number of ether oxygens (including phenoxy) is 1. The number of aliphatic hydroxyl groups is 1. The maximum Gasteiger partial charge on any atom is 0.335 e. The van der Waals surface area contributed by atoms with E-state index in [4.69, 9.17) is 14.9 Å². The van der Waals surface area contributed by atoms with Crippen LogP contribution in [0.1, 0.15) is 36.0 Å². The van der Waals surface area contributed by atoms with Crippen LogP contribution >= 0.6 is 0 Å².